The highest BCUT2D eigenvalue weighted by atomic mass is 35.5. The Balaban J connectivity index is 2.00. The lowest BCUT2D eigenvalue weighted by Crippen LogP contribution is -2.45. The normalized spacial score (nSPS) is 16.8. The molecule has 0 aliphatic carbocycles. The van der Waals surface area contributed by atoms with Crippen molar-refractivity contribution in [3.63, 3.8) is 0 Å². The van der Waals surface area contributed by atoms with Crippen LogP contribution in [0.15, 0.2) is 29.3 Å². The van der Waals surface area contributed by atoms with Crippen molar-refractivity contribution in [2.75, 3.05) is 16.2 Å². The zero-order chi connectivity index (χ0) is 28.6. The van der Waals surface area contributed by atoms with Gasteiger partial charge in [0.2, 0.25) is 5.60 Å². The number of benzene rings is 1. The molecule has 16 heteroatoms. The van der Waals surface area contributed by atoms with Gasteiger partial charge in [-0.15, -0.1) is 0 Å². The molecule has 0 unspecified atom stereocenters. The van der Waals surface area contributed by atoms with Gasteiger partial charge in [-0.2, -0.15) is 18.3 Å². The van der Waals surface area contributed by atoms with E-state index in [1.54, 1.807) is 6.92 Å². The molecule has 1 aliphatic heterocycles. The molecule has 1 aromatic heterocycles. The van der Waals surface area contributed by atoms with Crippen LogP contribution in [-0.4, -0.2) is 59.8 Å². The maximum Gasteiger partial charge on any atom is 0.427 e. The molecule has 2 N–H and O–H groups in total. The first-order valence-corrected chi connectivity index (χ1v) is 13.1. The van der Waals surface area contributed by atoms with Gasteiger partial charge in [0.1, 0.15) is 16.7 Å². The van der Waals surface area contributed by atoms with Crippen LogP contribution in [0.1, 0.15) is 34.1 Å². The van der Waals surface area contributed by atoms with Gasteiger partial charge < -0.3 is 14.6 Å². The number of aliphatic carboxylic acids is 1. The first kappa shape index (κ1) is 29.4. The fraction of sp³-hybridized carbons (Fsp3) is 0.500. The number of rotatable bonds is 8. The summed E-state index contributed by atoms with van der Waals surface area (Å²) < 4.78 is 79.2. The first-order chi connectivity index (χ1) is 17.5. The van der Waals surface area contributed by atoms with Crippen molar-refractivity contribution in [2.24, 2.45) is 5.92 Å². The van der Waals surface area contributed by atoms with E-state index in [-0.39, 0.29) is 40.1 Å². The molecule has 0 radical (unpaired) electrons. The molecule has 11 nitrogen and oxygen atoms in total. The average molecular weight is 583 g/mol. The number of halogens is 4. The van der Waals surface area contributed by atoms with Gasteiger partial charge in [-0.05, 0) is 45.4 Å². The minimum atomic E-state index is -4.83. The standard InChI is InChI=1S/C22H26ClF3N4O7S/c1-5-29-11-17(18(23)28-29)38(34,35)30-10-14(8-12(2)19(31)32)36-16-7-6-13(9-15(16)30)27-20(33)37-21(3,4)22(24,25)26/h6-7,9,11-12,14H,5,8,10H2,1-4H3,(H,27,33)(H,31,32)/t12-,14+/m1/s1. The summed E-state index contributed by atoms with van der Waals surface area (Å²) in [5.41, 5.74) is -2.92. The number of aryl methyl sites for hydroxylation is 1. The van der Waals surface area contributed by atoms with Crippen LogP contribution in [0.3, 0.4) is 0 Å². The number of ether oxygens (including phenoxy) is 2. The van der Waals surface area contributed by atoms with Gasteiger partial charge in [0.25, 0.3) is 10.0 Å². The first-order valence-electron chi connectivity index (χ1n) is 11.3. The van der Waals surface area contributed by atoms with Crippen LogP contribution in [0.2, 0.25) is 5.15 Å². The zero-order valence-corrected chi connectivity index (χ0v) is 22.3. The number of sulfonamides is 1. The molecule has 0 bridgehead atoms. The van der Waals surface area contributed by atoms with Crippen LogP contribution >= 0.6 is 11.6 Å². The van der Waals surface area contributed by atoms with Crippen molar-refractivity contribution in [1.82, 2.24) is 9.78 Å². The number of carboxylic acids is 1. The summed E-state index contributed by atoms with van der Waals surface area (Å²) >= 11 is 6.10. The predicted octanol–water partition coefficient (Wildman–Crippen LogP) is 4.51. The Morgan fingerprint density at radius 1 is 1.34 bits per heavy atom. The van der Waals surface area contributed by atoms with Gasteiger partial charge in [0, 0.05) is 18.4 Å². The summed E-state index contributed by atoms with van der Waals surface area (Å²) in [4.78, 5) is 23.2. The van der Waals surface area contributed by atoms with Gasteiger partial charge in [0.05, 0.1) is 18.2 Å². The molecule has 0 spiro atoms. The third kappa shape index (κ3) is 6.09. The second-order valence-corrected chi connectivity index (χ2v) is 11.3. The molecule has 0 fully saturated rings. The van der Waals surface area contributed by atoms with Crippen LogP contribution in [0.4, 0.5) is 29.3 Å². The highest BCUT2D eigenvalue weighted by molar-refractivity contribution is 7.93. The van der Waals surface area contributed by atoms with E-state index in [9.17, 15) is 36.3 Å². The van der Waals surface area contributed by atoms with E-state index in [1.165, 1.54) is 36.0 Å². The quantitative estimate of drug-likeness (QED) is 0.463. The van der Waals surface area contributed by atoms with Crippen LogP contribution in [0, 0.1) is 5.92 Å². The second kappa shape index (κ2) is 10.5. The minimum Gasteiger partial charge on any atom is -0.486 e. The smallest absolute Gasteiger partial charge is 0.427 e. The molecule has 1 aromatic carbocycles. The second-order valence-electron chi connectivity index (χ2n) is 9.10. The van der Waals surface area contributed by atoms with Gasteiger partial charge in [-0.3, -0.25) is 19.1 Å². The Labute approximate surface area is 221 Å². The van der Waals surface area contributed by atoms with E-state index in [2.05, 4.69) is 15.2 Å². The number of carbonyl (C=O) groups excluding carboxylic acids is 1. The number of alkyl halides is 3. The van der Waals surface area contributed by atoms with Gasteiger partial charge in [-0.1, -0.05) is 18.5 Å². The highest BCUT2D eigenvalue weighted by Crippen LogP contribution is 2.41. The van der Waals surface area contributed by atoms with Crippen molar-refractivity contribution >= 4 is 45.1 Å². The molecule has 2 atom stereocenters. The summed E-state index contributed by atoms with van der Waals surface area (Å²) in [6.45, 7) is 4.56. The lowest BCUT2D eigenvalue weighted by Gasteiger charge is -2.36. The Morgan fingerprint density at radius 2 is 2.00 bits per heavy atom. The Hall–Kier alpha value is -3.20. The monoisotopic (exact) mass is 582 g/mol. The summed E-state index contributed by atoms with van der Waals surface area (Å²) in [7, 11) is -4.38. The molecule has 1 amide bonds. The van der Waals surface area contributed by atoms with E-state index in [4.69, 9.17) is 16.3 Å². The molecule has 2 aromatic rings. The van der Waals surface area contributed by atoms with Crippen LogP contribution in [0.25, 0.3) is 0 Å². The Bertz CT molecular complexity index is 1330. The number of anilines is 2. The summed E-state index contributed by atoms with van der Waals surface area (Å²) in [5.74, 6) is -1.91. The summed E-state index contributed by atoms with van der Waals surface area (Å²) in [6.07, 6.45) is -5.90. The van der Waals surface area contributed by atoms with Crippen molar-refractivity contribution in [3.8, 4) is 5.75 Å². The molecule has 3 rings (SSSR count). The topological polar surface area (TPSA) is 140 Å². The van der Waals surface area contributed by atoms with E-state index in [0.717, 1.165) is 4.31 Å². The van der Waals surface area contributed by atoms with Gasteiger partial charge >= 0.3 is 18.2 Å². The van der Waals surface area contributed by atoms with E-state index in [1.807, 2.05) is 0 Å². The minimum absolute atomic E-state index is 0.0262. The van der Waals surface area contributed by atoms with E-state index < -0.39 is 45.9 Å². The molecule has 0 saturated carbocycles. The van der Waals surface area contributed by atoms with Crippen molar-refractivity contribution in [3.05, 3.63) is 29.5 Å². The molecule has 210 valence electrons. The molecule has 38 heavy (non-hydrogen) atoms. The third-order valence-electron chi connectivity index (χ3n) is 5.78. The van der Waals surface area contributed by atoms with Crippen molar-refractivity contribution < 1.29 is 45.8 Å². The molecular weight excluding hydrogens is 557 g/mol. The number of nitrogens with zero attached hydrogens (tertiary/aromatic N) is 3. The number of nitrogens with one attached hydrogen (secondary N) is 1. The van der Waals surface area contributed by atoms with Crippen LogP contribution < -0.4 is 14.4 Å². The number of carboxylic acid groups (broad SMARTS) is 1. The van der Waals surface area contributed by atoms with Crippen molar-refractivity contribution in [1.29, 1.82) is 0 Å². The number of amides is 1. The lowest BCUT2D eigenvalue weighted by atomic mass is 10.0. The van der Waals surface area contributed by atoms with Crippen molar-refractivity contribution in [2.45, 2.75) is 63.4 Å². The fourth-order valence-electron chi connectivity index (χ4n) is 3.50. The third-order valence-corrected chi connectivity index (χ3v) is 7.96. The summed E-state index contributed by atoms with van der Waals surface area (Å²) in [6, 6.07) is 3.76. The molecule has 0 saturated heterocycles. The Morgan fingerprint density at radius 3 is 2.55 bits per heavy atom. The largest absolute Gasteiger partial charge is 0.486 e. The van der Waals surface area contributed by atoms with E-state index >= 15 is 0 Å². The lowest BCUT2D eigenvalue weighted by molar-refractivity contribution is -0.242. The fourth-order valence-corrected chi connectivity index (χ4v) is 5.45. The predicted molar refractivity (Wildman–Crippen MR) is 130 cm³/mol. The number of hydrogen-bond acceptors (Lipinski definition) is 7. The maximum absolute atomic E-state index is 13.7. The number of carbonyl (C=O) groups is 2. The van der Waals surface area contributed by atoms with Gasteiger partial charge in [0.15, 0.2) is 5.15 Å². The summed E-state index contributed by atoms with van der Waals surface area (Å²) in [5, 5.41) is 15.1. The Kier molecular flexibility index (Phi) is 8.13. The number of aromatic nitrogens is 2. The zero-order valence-electron chi connectivity index (χ0n) is 20.7. The van der Waals surface area contributed by atoms with E-state index in [0.29, 0.717) is 20.4 Å². The number of fused-ring (bicyclic) bond motifs is 1. The molecule has 2 heterocycles. The molecule has 1 aliphatic rings. The molecular formula is C22H26ClF3N4O7S. The van der Waals surface area contributed by atoms with Crippen LogP contribution in [-0.2, 0) is 26.1 Å². The average Bonchev–Trinajstić information content (AvgIpc) is 3.19. The van der Waals surface area contributed by atoms with Crippen LogP contribution in [0.5, 0.6) is 5.75 Å². The van der Waals surface area contributed by atoms with Gasteiger partial charge in [-0.25, -0.2) is 13.2 Å². The highest BCUT2D eigenvalue weighted by Gasteiger charge is 2.51. The number of hydrogen-bond donors (Lipinski definition) is 2. The SMILES string of the molecule is CCn1cc(S(=O)(=O)N2C[C@H](C[C@@H](C)C(=O)O)Oc3ccc(NC(=O)OC(C)(C)C(F)(F)F)cc32)c(Cl)n1. The maximum atomic E-state index is 13.7.